The SMILES string of the molecule is O=C(Nc1nc2ncc(C(F)(F)F)cc2s1)c1ccccn1. The molecule has 0 aliphatic rings. The molecule has 1 amide bonds. The smallest absolute Gasteiger partial charge is 0.296 e. The maximum absolute atomic E-state index is 12.6. The number of thiazole rings is 1. The highest BCUT2D eigenvalue weighted by Gasteiger charge is 2.31. The molecule has 112 valence electrons. The Morgan fingerprint density at radius 2 is 2.05 bits per heavy atom. The fraction of sp³-hybridized carbons (Fsp3) is 0.0769. The molecular formula is C13H7F3N4OS. The van der Waals surface area contributed by atoms with Gasteiger partial charge in [0.25, 0.3) is 5.91 Å². The van der Waals surface area contributed by atoms with Gasteiger partial charge in [0, 0.05) is 12.4 Å². The molecule has 0 unspecified atom stereocenters. The average Bonchev–Trinajstić information content (AvgIpc) is 2.88. The zero-order valence-electron chi connectivity index (χ0n) is 10.8. The maximum Gasteiger partial charge on any atom is 0.417 e. The van der Waals surface area contributed by atoms with Gasteiger partial charge < -0.3 is 0 Å². The van der Waals surface area contributed by atoms with E-state index in [0.29, 0.717) is 6.20 Å². The lowest BCUT2D eigenvalue weighted by atomic mass is 10.3. The normalized spacial score (nSPS) is 11.6. The molecule has 3 rings (SSSR count). The summed E-state index contributed by atoms with van der Waals surface area (Å²) >= 11 is 0.917. The zero-order valence-corrected chi connectivity index (χ0v) is 11.6. The second kappa shape index (κ2) is 5.34. The van der Waals surface area contributed by atoms with Crippen LogP contribution >= 0.6 is 11.3 Å². The molecule has 0 atom stereocenters. The quantitative estimate of drug-likeness (QED) is 0.785. The third-order valence-corrected chi connectivity index (χ3v) is 3.60. The summed E-state index contributed by atoms with van der Waals surface area (Å²) in [6, 6.07) is 5.79. The molecule has 9 heteroatoms. The van der Waals surface area contributed by atoms with Gasteiger partial charge in [-0.3, -0.25) is 15.1 Å². The summed E-state index contributed by atoms with van der Waals surface area (Å²) in [6.07, 6.45) is -2.29. The summed E-state index contributed by atoms with van der Waals surface area (Å²) < 4.78 is 38.1. The number of hydrogen-bond donors (Lipinski definition) is 1. The number of nitrogens with one attached hydrogen (secondary N) is 1. The van der Waals surface area contributed by atoms with Crippen LogP contribution in [-0.2, 0) is 6.18 Å². The number of anilines is 1. The predicted molar refractivity (Wildman–Crippen MR) is 74.6 cm³/mol. The Bertz CT molecular complexity index is 832. The lowest BCUT2D eigenvalue weighted by Crippen LogP contribution is -2.12. The van der Waals surface area contributed by atoms with Crippen LogP contribution in [0.3, 0.4) is 0 Å². The van der Waals surface area contributed by atoms with Gasteiger partial charge in [0.2, 0.25) is 0 Å². The number of aromatic nitrogens is 3. The standard InChI is InChI=1S/C13H7F3N4OS/c14-13(15,16)7-5-9-10(18-6-7)19-12(22-9)20-11(21)8-3-1-2-4-17-8/h1-6H,(H,18,19,20,21). The molecule has 22 heavy (non-hydrogen) atoms. The highest BCUT2D eigenvalue weighted by atomic mass is 32.1. The first kappa shape index (κ1) is 14.4. The number of pyridine rings is 2. The Balaban J connectivity index is 1.88. The number of amides is 1. The number of alkyl halides is 3. The van der Waals surface area contributed by atoms with Crippen LogP contribution in [0.5, 0.6) is 0 Å². The van der Waals surface area contributed by atoms with Gasteiger partial charge in [-0.2, -0.15) is 18.2 Å². The van der Waals surface area contributed by atoms with E-state index in [1.54, 1.807) is 12.1 Å². The number of halogens is 3. The third-order valence-electron chi connectivity index (χ3n) is 2.69. The molecule has 3 heterocycles. The van der Waals surface area contributed by atoms with Crippen LogP contribution in [0.1, 0.15) is 16.1 Å². The van der Waals surface area contributed by atoms with Crippen LogP contribution in [0.4, 0.5) is 18.3 Å². The van der Waals surface area contributed by atoms with Crippen LogP contribution in [0.25, 0.3) is 10.3 Å². The fourth-order valence-corrected chi connectivity index (χ4v) is 2.55. The largest absolute Gasteiger partial charge is 0.417 e. The molecule has 0 fully saturated rings. The maximum atomic E-state index is 12.6. The van der Waals surface area contributed by atoms with Crippen LogP contribution in [0.2, 0.25) is 0 Å². The second-order valence-corrected chi connectivity index (χ2v) is 5.26. The van der Waals surface area contributed by atoms with Crippen molar-refractivity contribution in [1.29, 1.82) is 0 Å². The van der Waals surface area contributed by atoms with Crippen LogP contribution in [0, 0.1) is 0 Å². The van der Waals surface area contributed by atoms with E-state index in [0.717, 1.165) is 17.4 Å². The van der Waals surface area contributed by atoms with E-state index >= 15 is 0 Å². The lowest BCUT2D eigenvalue weighted by Gasteiger charge is -2.04. The van der Waals surface area contributed by atoms with E-state index in [1.807, 2.05) is 0 Å². The molecule has 3 aromatic rings. The Labute approximate surface area is 125 Å². The van der Waals surface area contributed by atoms with Gasteiger partial charge in [-0.05, 0) is 18.2 Å². The van der Waals surface area contributed by atoms with Crippen LogP contribution < -0.4 is 5.32 Å². The molecule has 5 nitrogen and oxygen atoms in total. The predicted octanol–water partition coefficient (Wildman–Crippen LogP) is 3.36. The zero-order chi connectivity index (χ0) is 15.7. The van der Waals surface area contributed by atoms with E-state index < -0.39 is 17.6 Å². The van der Waals surface area contributed by atoms with E-state index in [9.17, 15) is 18.0 Å². The number of fused-ring (bicyclic) bond motifs is 1. The van der Waals surface area contributed by atoms with Crippen molar-refractivity contribution in [2.75, 3.05) is 5.32 Å². The number of carbonyl (C=O) groups is 1. The second-order valence-electron chi connectivity index (χ2n) is 4.23. The van der Waals surface area contributed by atoms with Crippen molar-refractivity contribution in [2.45, 2.75) is 6.18 Å². The van der Waals surface area contributed by atoms with E-state index in [1.165, 1.54) is 12.3 Å². The van der Waals surface area contributed by atoms with Crippen LogP contribution in [0.15, 0.2) is 36.7 Å². The molecule has 0 spiro atoms. The summed E-state index contributed by atoms with van der Waals surface area (Å²) in [5.74, 6) is -0.490. The molecule has 1 N–H and O–H groups in total. The summed E-state index contributed by atoms with van der Waals surface area (Å²) in [5, 5.41) is 2.65. The first-order valence-corrected chi connectivity index (χ1v) is 6.81. The minimum atomic E-state index is -4.47. The van der Waals surface area contributed by atoms with E-state index in [4.69, 9.17) is 0 Å². The molecular weight excluding hydrogens is 317 g/mol. The molecule has 0 aliphatic heterocycles. The average molecular weight is 324 g/mol. The van der Waals surface area contributed by atoms with Gasteiger partial charge in [-0.1, -0.05) is 17.4 Å². The highest BCUT2D eigenvalue weighted by Crippen LogP contribution is 2.33. The minimum Gasteiger partial charge on any atom is -0.296 e. The Kier molecular flexibility index (Phi) is 3.49. The molecule has 0 radical (unpaired) electrons. The number of carbonyl (C=O) groups excluding carboxylic acids is 1. The number of hydrogen-bond acceptors (Lipinski definition) is 5. The monoisotopic (exact) mass is 324 g/mol. The first-order valence-electron chi connectivity index (χ1n) is 5.99. The highest BCUT2D eigenvalue weighted by molar-refractivity contribution is 7.22. The van der Waals surface area contributed by atoms with Crippen molar-refractivity contribution in [3.8, 4) is 0 Å². The molecule has 0 saturated carbocycles. The van der Waals surface area contributed by atoms with Gasteiger partial charge in [0.1, 0.15) is 5.69 Å². The van der Waals surface area contributed by atoms with E-state index in [2.05, 4.69) is 20.3 Å². The van der Waals surface area contributed by atoms with Crippen molar-refractivity contribution < 1.29 is 18.0 Å². The molecule has 0 bridgehead atoms. The van der Waals surface area contributed by atoms with Crippen molar-refractivity contribution in [3.63, 3.8) is 0 Å². The number of rotatable bonds is 2. The van der Waals surface area contributed by atoms with Gasteiger partial charge in [0.15, 0.2) is 10.8 Å². The first-order chi connectivity index (χ1) is 10.4. The molecule has 3 aromatic heterocycles. The molecule has 0 saturated heterocycles. The number of nitrogens with zero attached hydrogens (tertiary/aromatic N) is 3. The van der Waals surface area contributed by atoms with Gasteiger partial charge in [-0.25, -0.2) is 4.98 Å². The fourth-order valence-electron chi connectivity index (χ4n) is 1.69. The van der Waals surface area contributed by atoms with E-state index in [-0.39, 0.29) is 21.2 Å². The molecule has 0 aromatic carbocycles. The Morgan fingerprint density at radius 1 is 1.23 bits per heavy atom. The Morgan fingerprint density at radius 3 is 2.73 bits per heavy atom. The molecule has 0 aliphatic carbocycles. The summed E-state index contributed by atoms with van der Waals surface area (Å²) in [6.45, 7) is 0. The van der Waals surface area contributed by atoms with Gasteiger partial charge in [-0.15, -0.1) is 0 Å². The van der Waals surface area contributed by atoms with Crippen molar-refractivity contribution >= 4 is 32.7 Å². The summed E-state index contributed by atoms with van der Waals surface area (Å²) in [5.41, 5.74) is -0.522. The van der Waals surface area contributed by atoms with Gasteiger partial charge >= 0.3 is 6.18 Å². The summed E-state index contributed by atoms with van der Waals surface area (Å²) in [7, 11) is 0. The van der Waals surface area contributed by atoms with Crippen LogP contribution in [-0.4, -0.2) is 20.9 Å². The minimum absolute atomic E-state index is 0.148. The van der Waals surface area contributed by atoms with Gasteiger partial charge in [0.05, 0.1) is 10.3 Å². The third kappa shape index (κ3) is 2.89. The van der Waals surface area contributed by atoms with Crippen molar-refractivity contribution in [2.24, 2.45) is 0 Å². The Hall–Kier alpha value is -2.55. The lowest BCUT2D eigenvalue weighted by molar-refractivity contribution is -0.137. The summed E-state index contributed by atoms with van der Waals surface area (Å²) in [4.78, 5) is 23.4. The van der Waals surface area contributed by atoms with Crippen molar-refractivity contribution in [3.05, 3.63) is 47.9 Å². The van der Waals surface area contributed by atoms with Crippen molar-refractivity contribution in [1.82, 2.24) is 15.0 Å². The topological polar surface area (TPSA) is 67.8 Å².